The first-order chi connectivity index (χ1) is 10.6. The van der Waals surface area contributed by atoms with Crippen LogP contribution in [0.2, 0.25) is 0 Å². The molecule has 0 aliphatic rings. The van der Waals surface area contributed by atoms with Crippen molar-refractivity contribution in [1.29, 1.82) is 0 Å². The Hall–Kier alpha value is -1.72. The Labute approximate surface area is 135 Å². The molecule has 0 saturated heterocycles. The van der Waals surface area contributed by atoms with Crippen LogP contribution in [0.15, 0.2) is 35.7 Å². The zero-order valence-corrected chi connectivity index (χ0v) is 13.8. The first-order valence-electron chi connectivity index (χ1n) is 7.51. The lowest BCUT2D eigenvalue weighted by molar-refractivity contribution is 0.0867. The Kier molecular flexibility index (Phi) is 6.10. The third kappa shape index (κ3) is 4.93. The summed E-state index contributed by atoms with van der Waals surface area (Å²) in [4.78, 5) is 16.4. The minimum absolute atomic E-state index is 0.122. The molecule has 2 rings (SSSR count). The fraction of sp³-hybridized carbons (Fsp3) is 0.412. The molecule has 4 nitrogen and oxygen atoms in total. The second-order valence-corrected chi connectivity index (χ2v) is 6.58. The monoisotopic (exact) mass is 318 g/mol. The van der Waals surface area contributed by atoms with E-state index in [2.05, 4.69) is 22.4 Å². The second-order valence-electron chi connectivity index (χ2n) is 5.63. The lowest BCUT2D eigenvalue weighted by Gasteiger charge is -2.14. The molecule has 118 valence electrons. The largest absolute Gasteiger partial charge is 0.391 e. The molecule has 1 aromatic carbocycles. The van der Waals surface area contributed by atoms with Crippen molar-refractivity contribution < 1.29 is 9.90 Å². The van der Waals surface area contributed by atoms with E-state index in [1.54, 1.807) is 5.38 Å². The van der Waals surface area contributed by atoms with Gasteiger partial charge in [-0.1, -0.05) is 44.2 Å². The van der Waals surface area contributed by atoms with Crippen molar-refractivity contribution in [1.82, 2.24) is 10.3 Å². The molecule has 5 heteroatoms. The molecule has 1 atom stereocenters. The summed E-state index contributed by atoms with van der Waals surface area (Å²) in [5, 5.41) is 15.2. The number of carbonyl (C=O) groups is 1. The summed E-state index contributed by atoms with van der Waals surface area (Å²) >= 11 is 1.50. The zero-order chi connectivity index (χ0) is 15.9. The molecule has 1 aromatic heterocycles. The number of benzene rings is 1. The number of hydrogen-bond acceptors (Lipinski definition) is 4. The maximum absolute atomic E-state index is 12.0. The Morgan fingerprint density at radius 1 is 1.27 bits per heavy atom. The predicted molar refractivity (Wildman–Crippen MR) is 89.1 cm³/mol. The maximum Gasteiger partial charge on any atom is 0.270 e. The van der Waals surface area contributed by atoms with Crippen LogP contribution >= 0.6 is 11.3 Å². The maximum atomic E-state index is 12.0. The highest BCUT2D eigenvalue weighted by Gasteiger charge is 2.14. The van der Waals surface area contributed by atoms with Crippen LogP contribution in [0.1, 0.15) is 34.9 Å². The Morgan fingerprint density at radius 2 is 2.00 bits per heavy atom. The van der Waals surface area contributed by atoms with Crippen molar-refractivity contribution in [2.75, 3.05) is 6.54 Å². The molecule has 1 unspecified atom stereocenters. The Balaban J connectivity index is 1.84. The molecule has 0 fully saturated rings. The quantitative estimate of drug-likeness (QED) is 0.825. The van der Waals surface area contributed by atoms with Gasteiger partial charge in [0.1, 0.15) is 5.69 Å². The number of hydrogen-bond donors (Lipinski definition) is 2. The third-order valence-electron chi connectivity index (χ3n) is 3.50. The topological polar surface area (TPSA) is 62.2 Å². The van der Waals surface area contributed by atoms with Crippen LogP contribution in [0.3, 0.4) is 0 Å². The van der Waals surface area contributed by atoms with Crippen LogP contribution in [-0.4, -0.2) is 28.6 Å². The van der Waals surface area contributed by atoms with E-state index >= 15 is 0 Å². The van der Waals surface area contributed by atoms with Gasteiger partial charge in [0.05, 0.1) is 11.1 Å². The fourth-order valence-electron chi connectivity index (χ4n) is 1.95. The van der Waals surface area contributed by atoms with Gasteiger partial charge in [-0.3, -0.25) is 4.79 Å². The van der Waals surface area contributed by atoms with Crippen LogP contribution in [0.25, 0.3) is 0 Å². The molecule has 0 aliphatic heterocycles. The van der Waals surface area contributed by atoms with E-state index in [-0.39, 0.29) is 18.4 Å². The number of thiazole rings is 1. The average molecular weight is 318 g/mol. The van der Waals surface area contributed by atoms with Crippen LogP contribution in [0.5, 0.6) is 0 Å². The average Bonchev–Trinajstić information content (AvgIpc) is 3.00. The molecule has 1 heterocycles. The third-order valence-corrected chi connectivity index (χ3v) is 4.40. The normalized spacial score (nSPS) is 12.4. The SMILES string of the molecule is CC(C)C(O)CNC(=O)c1csc(CCc2ccccc2)n1. The van der Waals surface area contributed by atoms with Crippen molar-refractivity contribution in [2.45, 2.75) is 32.8 Å². The summed E-state index contributed by atoms with van der Waals surface area (Å²) < 4.78 is 0. The molecule has 22 heavy (non-hydrogen) atoms. The molecule has 0 bridgehead atoms. The summed E-state index contributed by atoms with van der Waals surface area (Å²) in [6.07, 6.45) is 1.22. The number of rotatable bonds is 7. The lowest BCUT2D eigenvalue weighted by atomic mass is 10.1. The van der Waals surface area contributed by atoms with Crippen molar-refractivity contribution >= 4 is 17.2 Å². The summed E-state index contributed by atoms with van der Waals surface area (Å²) in [6, 6.07) is 10.2. The van der Waals surface area contributed by atoms with Crippen molar-refractivity contribution in [3.05, 3.63) is 52.0 Å². The zero-order valence-electron chi connectivity index (χ0n) is 13.0. The molecular formula is C17H22N2O2S. The van der Waals surface area contributed by atoms with Gasteiger partial charge in [0.2, 0.25) is 0 Å². The molecular weight excluding hydrogens is 296 g/mol. The number of aliphatic hydroxyl groups excluding tert-OH is 1. The smallest absolute Gasteiger partial charge is 0.270 e. The van der Waals surface area contributed by atoms with Crippen LogP contribution in [0, 0.1) is 5.92 Å². The van der Waals surface area contributed by atoms with Gasteiger partial charge >= 0.3 is 0 Å². The minimum Gasteiger partial charge on any atom is -0.391 e. The van der Waals surface area contributed by atoms with E-state index in [1.165, 1.54) is 16.9 Å². The molecule has 0 saturated carbocycles. The number of aromatic nitrogens is 1. The highest BCUT2D eigenvalue weighted by molar-refractivity contribution is 7.09. The summed E-state index contributed by atoms with van der Waals surface area (Å²) in [6.45, 7) is 4.09. The van der Waals surface area contributed by atoms with E-state index < -0.39 is 6.10 Å². The van der Waals surface area contributed by atoms with Crippen LogP contribution in [0.4, 0.5) is 0 Å². The molecule has 0 radical (unpaired) electrons. The van der Waals surface area contributed by atoms with Crippen molar-refractivity contribution in [3.8, 4) is 0 Å². The van der Waals surface area contributed by atoms with Gasteiger partial charge in [0.15, 0.2) is 0 Å². The predicted octanol–water partition coefficient (Wildman–Crippen LogP) is 2.68. The number of aliphatic hydroxyl groups is 1. The summed E-state index contributed by atoms with van der Waals surface area (Å²) in [7, 11) is 0. The van der Waals surface area contributed by atoms with Gasteiger partial charge in [-0.2, -0.15) is 0 Å². The van der Waals surface area contributed by atoms with Gasteiger partial charge in [0, 0.05) is 18.3 Å². The molecule has 2 N–H and O–H groups in total. The summed E-state index contributed by atoms with van der Waals surface area (Å²) in [5.74, 6) is -0.0981. The van der Waals surface area contributed by atoms with Crippen molar-refractivity contribution in [2.24, 2.45) is 5.92 Å². The molecule has 1 amide bonds. The number of aryl methyl sites for hydroxylation is 2. The van der Waals surface area contributed by atoms with Gasteiger partial charge in [-0.15, -0.1) is 11.3 Å². The van der Waals surface area contributed by atoms with E-state index in [0.29, 0.717) is 5.69 Å². The Bertz CT molecular complexity index is 596. The highest BCUT2D eigenvalue weighted by atomic mass is 32.1. The van der Waals surface area contributed by atoms with Gasteiger partial charge in [0.25, 0.3) is 5.91 Å². The number of nitrogens with one attached hydrogen (secondary N) is 1. The van der Waals surface area contributed by atoms with Gasteiger partial charge < -0.3 is 10.4 Å². The number of nitrogens with zero attached hydrogens (tertiary/aromatic N) is 1. The van der Waals surface area contributed by atoms with Gasteiger partial charge in [-0.25, -0.2) is 4.98 Å². The summed E-state index contributed by atoms with van der Waals surface area (Å²) in [5.41, 5.74) is 1.70. The van der Waals surface area contributed by atoms with Crippen LogP contribution < -0.4 is 5.32 Å². The number of amides is 1. The lowest BCUT2D eigenvalue weighted by Crippen LogP contribution is -2.34. The minimum atomic E-state index is -0.528. The van der Waals surface area contributed by atoms with E-state index in [4.69, 9.17) is 0 Å². The van der Waals surface area contributed by atoms with Crippen molar-refractivity contribution in [3.63, 3.8) is 0 Å². The van der Waals surface area contributed by atoms with Crippen LogP contribution in [-0.2, 0) is 12.8 Å². The van der Waals surface area contributed by atoms with E-state index in [0.717, 1.165) is 17.8 Å². The standard InChI is InChI=1S/C17H22N2O2S/c1-12(2)15(20)10-18-17(21)14-11-22-16(19-14)9-8-13-6-4-3-5-7-13/h3-7,11-12,15,20H,8-10H2,1-2H3,(H,18,21). The molecule has 2 aromatic rings. The fourth-order valence-corrected chi connectivity index (χ4v) is 2.73. The van der Waals surface area contributed by atoms with E-state index in [9.17, 15) is 9.90 Å². The second kappa shape index (κ2) is 8.06. The highest BCUT2D eigenvalue weighted by Crippen LogP contribution is 2.13. The first kappa shape index (κ1) is 16.6. The first-order valence-corrected chi connectivity index (χ1v) is 8.39. The van der Waals surface area contributed by atoms with Gasteiger partial charge in [-0.05, 0) is 17.9 Å². The van der Waals surface area contributed by atoms with E-state index in [1.807, 2.05) is 32.0 Å². The molecule has 0 spiro atoms. The molecule has 0 aliphatic carbocycles. The Morgan fingerprint density at radius 3 is 2.68 bits per heavy atom. The number of carbonyl (C=O) groups excluding carboxylic acids is 1.